The van der Waals surface area contributed by atoms with E-state index in [0.29, 0.717) is 0 Å². The number of benzene rings is 1. The van der Waals surface area contributed by atoms with Gasteiger partial charge in [-0.25, -0.2) is 9.97 Å². The van der Waals surface area contributed by atoms with Gasteiger partial charge in [-0.1, -0.05) is 30.3 Å². The number of nitrogens with zero attached hydrogens (tertiary/aromatic N) is 3. The second-order valence-electron chi connectivity index (χ2n) is 4.40. The standard InChI is InChI=1S/C14H13BrN4/c1-19(8-10-5-3-2-4-6-10)14-12-11(15)7-16-13(12)17-9-18-14/h2-7,9H,8H2,1H3,(H,16,17,18). The first-order valence-corrected chi connectivity index (χ1v) is 6.77. The molecule has 0 aliphatic rings. The number of fused-ring (bicyclic) bond motifs is 1. The first kappa shape index (κ1) is 12.2. The van der Waals surface area contributed by atoms with E-state index in [1.165, 1.54) is 5.56 Å². The molecule has 0 saturated heterocycles. The molecule has 0 fully saturated rings. The van der Waals surface area contributed by atoms with Crippen LogP contribution in [0.2, 0.25) is 0 Å². The van der Waals surface area contributed by atoms with E-state index < -0.39 is 0 Å². The summed E-state index contributed by atoms with van der Waals surface area (Å²) in [6.07, 6.45) is 3.47. The Morgan fingerprint density at radius 2 is 2.00 bits per heavy atom. The highest BCUT2D eigenvalue weighted by Crippen LogP contribution is 2.29. The molecule has 2 heterocycles. The molecule has 0 atom stereocenters. The molecule has 0 aliphatic heterocycles. The van der Waals surface area contributed by atoms with Gasteiger partial charge < -0.3 is 9.88 Å². The van der Waals surface area contributed by atoms with Crippen LogP contribution >= 0.6 is 15.9 Å². The quantitative estimate of drug-likeness (QED) is 0.806. The van der Waals surface area contributed by atoms with Crippen LogP contribution in [-0.2, 0) is 6.54 Å². The third-order valence-electron chi connectivity index (χ3n) is 3.03. The Morgan fingerprint density at radius 1 is 1.21 bits per heavy atom. The van der Waals surface area contributed by atoms with Gasteiger partial charge in [0.25, 0.3) is 0 Å². The van der Waals surface area contributed by atoms with Crippen molar-refractivity contribution < 1.29 is 0 Å². The summed E-state index contributed by atoms with van der Waals surface area (Å²) in [6, 6.07) is 10.3. The number of halogens is 1. The molecule has 0 aliphatic carbocycles. The van der Waals surface area contributed by atoms with Crippen molar-refractivity contribution in [2.75, 3.05) is 11.9 Å². The van der Waals surface area contributed by atoms with Crippen molar-refractivity contribution in [2.24, 2.45) is 0 Å². The molecule has 0 bridgehead atoms. The molecule has 1 N–H and O–H groups in total. The monoisotopic (exact) mass is 316 g/mol. The van der Waals surface area contributed by atoms with Crippen LogP contribution in [0.25, 0.3) is 11.0 Å². The Hall–Kier alpha value is -1.88. The summed E-state index contributed by atoms with van der Waals surface area (Å²) in [5, 5.41) is 1.01. The number of rotatable bonds is 3. The number of hydrogen-bond donors (Lipinski definition) is 1. The van der Waals surface area contributed by atoms with Gasteiger partial charge >= 0.3 is 0 Å². The lowest BCUT2D eigenvalue weighted by atomic mass is 10.2. The zero-order valence-corrected chi connectivity index (χ0v) is 12.1. The molecule has 4 nitrogen and oxygen atoms in total. The number of anilines is 1. The number of hydrogen-bond acceptors (Lipinski definition) is 3. The topological polar surface area (TPSA) is 44.8 Å². The lowest BCUT2D eigenvalue weighted by Crippen LogP contribution is -2.18. The summed E-state index contributed by atoms with van der Waals surface area (Å²) in [6.45, 7) is 0.810. The minimum absolute atomic E-state index is 0.810. The fraction of sp³-hybridized carbons (Fsp3) is 0.143. The van der Waals surface area contributed by atoms with E-state index >= 15 is 0 Å². The van der Waals surface area contributed by atoms with Crippen molar-refractivity contribution in [3.8, 4) is 0 Å². The molecule has 0 amide bonds. The maximum Gasteiger partial charge on any atom is 0.144 e. The molecule has 1 aromatic carbocycles. The van der Waals surface area contributed by atoms with Gasteiger partial charge in [-0.15, -0.1) is 0 Å². The number of aromatic nitrogens is 3. The van der Waals surface area contributed by atoms with Gasteiger partial charge in [0.15, 0.2) is 0 Å². The molecule has 0 radical (unpaired) electrons. The largest absolute Gasteiger partial charge is 0.355 e. The summed E-state index contributed by atoms with van der Waals surface area (Å²) in [7, 11) is 2.04. The van der Waals surface area contributed by atoms with E-state index in [4.69, 9.17) is 0 Å². The molecule has 0 unspecified atom stereocenters. The smallest absolute Gasteiger partial charge is 0.144 e. The normalized spacial score (nSPS) is 10.8. The van der Waals surface area contributed by atoms with Gasteiger partial charge in [0, 0.05) is 24.3 Å². The maximum absolute atomic E-state index is 4.40. The van der Waals surface area contributed by atoms with Gasteiger partial charge in [0.05, 0.1) is 5.39 Å². The summed E-state index contributed by atoms with van der Waals surface area (Å²) in [5.74, 6) is 0.918. The van der Waals surface area contributed by atoms with Gasteiger partial charge in [0.1, 0.15) is 17.8 Å². The van der Waals surface area contributed by atoms with Crippen LogP contribution in [-0.4, -0.2) is 22.0 Å². The highest BCUT2D eigenvalue weighted by molar-refractivity contribution is 9.10. The van der Waals surface area contributed by atoms with Crippen LogP contribution in [0.4, 0.5) is 5.82 Å². The summed E-state index contributed by atoms with van der Waals surface area (Å²) < 4.78 is 0.984. The van der Waals surface area contributed by atoms with Crippen molar-refractivity contribution in [1.82, 2.24) is 15.0 Å². The molecular weight excluding hydrogens is 304 g/mol. The Kier molecular flexibility index (Phi) is 3.21. The minimum Gasteiger partial charge on any atom is -0.355 e. The predicted octanol–water partition coefficient (Wildman–Crippen LogP) is 3.36. The number of nitrogens with one attached hydrogen (secondary N) is 1. The lowest BCUT2D eigenvalue weighted by Gasteiger charge is -2.19. The fourth-order valence-corrected chi connectivity index (χ4v) is 2.61. The van der Waals surface area contributed by atoms with E-state index in [2.05, 4.69) is 47.9 Å². The molecule has 96 valence electrons. The van der Waals surface area contributed by atoms with Gasteiger partial charge in [-0.3, -0.25) is 0 Å². The highest BCUT2D eigenvalue weighted by atomic mass is 79.9. The van der Waals surface area contributed by atoms with Crippen LogP contribution < -0.4 is 4.90 Å². The van der Waals surface area contributed by atoms with Gasteiger partial charge in [0.2, 0.25) is 0 Å². The Labute approximate surface area is 119 Å². The van der Waals surface area contributed by atoms with Gasteiger partial charge in [-0.05, 0) is 21.5 Å². The average Bonchev–Trinajstić information content (AvgIpc) is 2.82. The summed E-state index contributed by atoms with van der Waals surface area (Å²) in [5.41, 5.74) is 2.10. The van der Waals surface area contributed by atoms with E-state index in [0.717, 1.165) is 27.9 Å². The first-order valence-electron chi connectivity index (χ1n) is 5.98. The second-order valence-corrected chi connectivity index (χ2v) is 5.25. The number of H-pyrrole nitrogens is 1. The summed E-state index contributed by atoms with van der Waals surface area (Å²) in [4.78, 5) is 13.9. The Morgan fingerprint density at radius 3 is 2.79 bits per heavy atom. The molecule has 0 spiro atoms. The minimum atomic E-state index is 0.810. The van der Waals surface area contributed by atoms with E-state index in [9.17, 15) is 0 Å². The molecule has 19 heavy (non-hydrogen) atoms. The van der Waals surface area contributed by atoms with Crippen molar-refractivity contribution >= 4 is 32.8 Å². The van der Waals surface area contributed by atoms with Crippen molar-refractivity contribution in [1.29, 1.82) is 0 Å². The van der Waals surface area contributed by atoms with Crippen molar-refractivity contribution in [2.45, 2.75) is 6.54 Å². The Bertz CT molecular complexity index is 693. The van der Waals surface area contributed by atoms with Crippen LogP contribution in [0.5, 0.6) is 0 Å². The van der Waals surface area contributed by atoms with Crippen molar-refractivity contribution in [3.05, 3.63) is 52.9 Å². The SMILES string of the molecule is CN(Cc1ccccc1)c1ncnc2[nH]cc(Br)c12. The molecule has 3 aromatic rings. The van der Waals surface area contributed by atoms with E-state index in [-0.39, 0.29) is 0 Å². The summed E-state index contributed by atoms with van der Waals surface area (Å²) >= 11 is 3.53. The zero-order chi connectivity index (χ0) is 13.2. The van der Waals surface area contributed by atoms with Crippen LogP contribution in [0.3, 0.4) is 0 Å². The van der Waals surface area contributed by atoms with E-state index in [1.54, 1.807) is 6.33 Å². The third-order valence-corrected chi connectivity index (χ3v) is 3.65. The maximum atomic E-state index is 4.40. The second kappa shape index (κ2) is 5.01. The zero-order valence-electron chi connectivity index (χ0n) is 10.5. The molecule has 5 heteroatoms. The molecular formula is C14H13BrN4. The molecule has 2 aromatic heterocycles. The lowest BCUT2D eigenvalue weighted by molar-refractivity contribution is 0.900. The highest BCUT2D eigenvalue weighted by Gasteiger charge is 2.13. The first-order chi connectivity index (χ1) is 9.25. The van der Waals surface area contributed by atoms with E-state index in [1.807, 2.05) is 31.4 Å². The van der Waals surface area contributed by atoms with Crippen molar-refractivity contribution in [3.63, 3.8) is 0 Å². The molecule has 3 rings (SSSR count). The third kappa shape index (κ3) is 2.33. The van der Waals surface area contributed by atoms with Crippen LogP contribution in [0.1, 0.15) is 5.56 Å². The molecule has 0 saturated carbocycles. The van der Waals surface area contributed by atoms with Crippen LogP contribution in [0.15, 0.2) is 47.3 Å². The average molecular weight is 317 g/mol. The predicted molar refractivity (Wildman–Crippen MR) is 80.1 cm³/mol. The fourth-order valence-electron chi connectivity index (χ4n) is 2.13. The van der Waals surface area contributed by atoms with Gasteiger partial charge in [-0.2, -0.15) is 0 Å². The van der Waals surface area contributed by atoms with Crippen LogP contribution in [0, 0.1) is 0 Å². The number of aromatic amines is 1. The Balaban J connectivity index is 1.98.